The molecule has 0 saturated heterocycles. The van der Waals surface area contributed by atoms with Crippen molar-refractivity contribution in [2.75, 3.05) is 29.9 Å². The maximum absolute atomic E-state index is 4.54. The molecule has 0 aromatic carbocycles. The molecule has 0 bridgehead atoms. The fourth-order valence-electron chi connectivity index (χ4n) is 1.97. The third kappa shape index (κ3) is 3.90. The SMILES string of the molecule is CCCNc1nc(N(CC)CCC)nc(-n2cccn2)n1. The number of nitrogens with zero attached hydrogens (tertiary/aromatic N) is 6. The summed E-state index contributed by atoms with van der Waals surface area (Å²) >= 11 is 0. The second kappa shape index (κ2) is 7.56. The van der Waals surface area contributed by atoms with Crippen LogP contribution in [0.1, 0.15) is 33.6 Å². The van der Waals surface area contributed by atoms with Crippen molar-refractivity contribution < 1.29 is 0 Å². The van der Waals surface area contributed by atoms with Gasteiger partial charge in [0.1, 0.15) is 0 Å². The van der Waals surface area contributed by atoms with Gasteiger partial charge in [0.2, 0.25) is 11.9 Å². The van der Waals surface area contributed by atoms with Crippen LogP contribution in [-0.2, 0) is 0 Å². The topological polar surface area (TPSA) is 71.8 Å². The molecule has 0 fully saturated rings. The van der Waals surface area contributed by atoms with Crippen LogP contribution >= 0.6 is 0 Å². The van der Waals surface area contributed by atoms with E-state index in [9.17, 15) is 0 Å². The Balaban J connectivity index is 2.36. The molecule has 0 saturated carbocycles. The van der Waals surface area contributed by atoms with Crippen molar-refractivity contribution in [1.29, 1.82) is 0 Å². The molecule has 7 nitrogen and oxygen atoms in total. The summed E-state index contributed by atoms with van der Waals surface area (Å²) in [6.07, 6.45) is 5.62. The lowest BCUT2D eigenvalue weighted by molar-refractivity contribution is 0.734. The first-order valence-corrected chi connectivity index (χ1v) is 7.53. The van der Waals surface area contributed by atoms with E-state index < -0.39 is 0 Å². The van der Waals surface area contributed by atoms with Crippen LogP contribution in [0.5, 0.6) is 0 Å². The number of hydrogen-bond donors (Lipinski definition) is 1. The molecular formula is C14H23N7. The van der Waals surface area contributed by atoms with Gasteiger partial charge in [0.05, 0.1) is 0 Å². The van der Waals surface area contributed by atoms with E-state index in [0.29, 0.717) is 17.8 Å². The Kier molecular flexibility index (Phi) is 5.48. The lowest BCUT2D eigenvalue weighted by atomic mass is 10.4. The van der Waals surface area contributed by atoms with Crippen molar-refractivity contribution in [3.8, 4) is 5.95 Å². The Bertz CT molecular complexity index is 538. The predicted octanol–water partition coefficient (Wildman–Crippen LogP) is 2.12. The molecule has 0 amide bonds. The van der Waals surface area contributed by atoms with Gasteiger partial charge in [0.25, 0.3) is 5.95 Å². The molecule has 0 aliphatic rings. The molecule has 0 aliphatic heterocycles. The molecule has 2 heterocycles. The summed E-state index contributed by atoms with van der Waals surface area (Å²) in [6.45, 7) is 8.98. The van der Waals surface area contributed by atoms with E-state index in [0.717, 1.165) is 32.5 Å². The molecule has 2 aromatic rings. The quantitative estimate of drug-likeness (QED) is 0.802. The molecule has 2 aromatic heterocycles. The molecule has 114 valence electrons. The van der Waals surface area contributed by atoms with Crippen LogP contribution in [0.4, 0.5) is 11.9 Å². The zero-order valence-corrected chi connectivity index (χ0v) is 13.0. The molecule has 7 heteroatoms. The first-order valence-electron chi connectivity index (χ1n) is 7.53. The number of nitrogens with one attached hydrogen (secondary N) is 1. The zero-order chi connectivity index (χ0) is 15.1. The van der Waals surface area contributed by atoms with E-state index in [1.54, 1.807) is 10.9 Å². The molecular weight excluding hydrogens is 266 g/mol. The van der Waals surface area contributed by atoms with E-state index in [-0.39, 0.29) is 0 Å². The normalized spacial score (nSPS) is 10.6. The van der Waals surface area contributed by atoms with Gasteiger partial charge in [-0.1, -0.05) is 13.8 Å². The van der Waals surface area contributed by atoms with Gasteiger partial charge in [0, 0.05) is 32.0 Å². The van der Waals surface area contributed by atoms with E-state index in [2.05, 4.69) is 51.0 Å². The largest absolute Gasteiger partial charge is 0.354 e. The predicted molar refractivity (Wildman–Crippen MR) is 83.9 cm³/mol. The van der Waals surface area contributed by atoms with E-state index in [1.165, 1.54) is 0 Å². The number of hydrogen-bond acceptors (Lipinski definition) is 6. The van der Waals surface area contributed by atoms with Crippen LogP contribution in [0.15, 0.2) is 18.5 Å². The van der Waals surface area contributed by atoms with Crippen molar-refractivity contribution in [2.45, 2.75) is 33.6 Å². The van der Waals surface area contributed by atoms with Crippen LogP contribution in [0.3, 0.4) is 0 Å². The molecule has 21 heavy (non-hydrogen) atoms. The van der Waals surface area contributed by atoms with Crippen molar-refractivity contribution in [3.05, 3.63) is 18.5 Å². The fourth-order valence-corrected chi connectivity index (χ4v) is 1.97. The van der Waals surface area contributed by atoms with E-state index in [4.69, 9.17) is 0 Å². The van der Waals surface area contributed by atoms with Gasteiger partial charge in [-0.05, 0) is 25.8 Å². The lowest BCUT2D eigenvalue weighted by Gasteiger charge is -2.20. The number of aromatic nitrogens is 5. The minimum absolute atomic E-state index is 0.540. The highest BCUT2D eigenvalue weighted by Gasteiger charge is 2.12. The van der Waals surface area contributed by atoms with Crippen molar-refractivity contribution in [2.24, 2.45) is 0 Å². The fraction of sp³-hybridized carbons (Fsp3) is 0.571. The van der Waals surface area contributed by atoms with Crippen LogP contribution in [0.2, 0.25) is 0 Å². The van der Waals surface area contributed by atoms with Gasteiger partial charge < -0.3 is 10.2 Å². The second-order valence-electron chi connectivity index (χ2n) is 4.72. The van der Waals surface area contributed by atoms with Crippen molar-refractivity contribution >= 4 is 11.9 Å². The van der Waals surface area contributed by atoms with E-state index in [1.807, 2.05) is 12.3 Å². The van der Waals surface area contributed by atoms with Gasteiger partial charge in [0.15, 0.2) is 0 Å². The summed E-state index contributed by atoms with van der Waals surface area (Å²) in [5.74, 6) is 1.83. The maximum atomic E-state index is 4.54. The second-order valence-corrected chi connectivity index (χ2v) is 4.72. The monoisotopic (exact) mass is 289 g/mol. The van der Waals surface area contributed by atoms with Gasteiger partial charge in [-0.15, -0.1) is 0 Å². The third-order valence-electron chi connectivity index (χ3n) is 3.01. The van der Waals surface area contributed by atoms with E-state index >= 15 is 0 Å². The molecule has 0 aliphatic carbocycles. The highest BCUT2D eigenvalue weighted by atomic mass is 15.4. The Morgan fingerprint density at radius 1 is 1.14 bits per heavy atom. The summed E-state index contributed by atoms with van der Waals surface area (Å²) in [7, 11) is 0. The Morgan fingerprint density at radius 3 is 2.62 bits per heavy atom. The zero-order valence-electron chi connectivity index (χ0n) is 13.0. The molecule has 2 rings (SSSR count). The summed E-state index contributed by atoms with van der Waals surface area (Å²) in [5.41, 5.74) is 0. The summed E-state index contributed by atoms with van der Waals surface area (Å²) in [4.78, 5) is 15.6. The standard InChI is InChI=1S/C14H23N7/c1-4-8-15-12-17-13(20(6-3)10-5-2)19-14(18-12)21-11-7-9-16-21/h7,9,11H,4-6,8,10H2,1-3H3,(H,15,17,18,19). The molecule has 1 N–H and O–H groups in total. The van der Waals surface area contributed by atoms with Crippen molar-refractivity contribution in [3.63, 3.8) is 0 Å². The molecule has 0 atom stereocenters. The number of rotatable bonds is 8. The number of anilines is 2. The highest BCUT2D eigenvalue weighted by molar-refractivity contribution is 5.39. The average Bonchev–Trinajstić information content (AvgIpc) is 3.04. The Hall–Kier alpha value is -2.18. The minimum Gasteiger partial charge on any atom is -0.354 e. The molecule has 0 unspecified atom stereocenters. The van der Waals surface area contributed by atoms with Gasteiger partial charge in [-0.25, -0.2) is 4.68 Å². The van der Waals surface area contributed by atoms with Crippen LogP contribution < -0.4 is 10.2 Å². The van der Waals surface area contributed by atoms with Crippen molar-refractivity contribution in [1.82, 2.24) is 24.7 Å². The summed E-state index contributed by atoms with van der Waals surface area (Å²) < 4.78 is 1.65. The summed E-state index contributed by atoms with van der Waals surface area (Å²) in [6, 6.07) is 1.85. The minimum atomic E-state index is 0.540. The molecule has 0 radical (unpaired) electrons. The first kappa shape index (κ1) is 15.2. The Morgan fingerprint density at radius 2 is 2.00 bits per heavy atom. The van der Waals surface area contributed by atoms with Gasteiger partial charge in [-0.3, -0.25) is 0 Å². The average molecular weight is 289 g/mol. The van der Waals surface area contributed by atoms with Crippen LogP contribution in [0, 0.1) is 0 Å². The highest BCUT2D eigenvalue weighted by Crippen LogP contribution is 2.13. The third-order valence-corrected chi connectivity index (χ3v) is 3.01. The van der Waals surface area contributed by atoms with Crippen LogP contribution in [-0.4, -0.2) is 44.4 Å². The Labute approximate surface area is 125 Å². The lowest BCUT2D eigenvalue weighted by Crippen LogP contribution is -2.27. The summed E-state index contributed by atoms with van der Waals surface area (Å²) in [5, 5.41) is 7.43. The van der Waals surface area contributed by atoms with Gasteiger partial charge >= 0.3 is 0 Å². The van der Waals surface area contributed by atoms with Gasteiger partial charge in [-0.2, -0.15) is 20.1 Å². The molecule has 0 spiro atoms. The van der Waals surface area contributed by atoms with Crippen LogP contribution in [0.25, 0.3) is 5.95 Å². The smallest absolute Gasteiger partial charge is 0.257 e. The first-order chi connectivity index (χ1) is 10.3. The maximum Gasteiger partial charge on any atom is 0.257 e.